The van der Waals surface area contributed by atoms with Gasteiger partial charge in [-0.05, 0) is 24.5 Å². The van der Waals surface area contributed by atoms with Gasteiger partial charge in [0.05, 0.1) is 0 Å². The van der Waals surface area contributed by atoms with Crippen molar-refractivity contribution in [2.75, 3.05) is 0 Å². The summed E-state index contributed by atoms with van der Waals surface area (Å²) in [6.45, 7) is 6.32. The molecule has 1 atom stereocenters. The highest BCUT2D eigenvalue weighted by Crippen LogP contribution is 2.35. The SMILES string of the molecule is Cc1[nH]c(C2Cc3ccccc3O2)nc(=S)c1C(C)C. The van der Waals surface area contributed by atoms with Crippen LogP contribution in [0, 0.1) is 11.6 Å². The largest absolute Gasteiger partial charge is 0.482 e. The molecule has 1 aromatic carbocycles. The van der Waals surface area contributed by atoms with Crippen molar-refractivity contribution in [1.29, 1.82) is 0 Å². The maximum atomic E-state index is 5.96. The zero-order valence-electron chi connectivity index (χ0n) is 11.9. The van der Waals surface area contributed by atoms with Crippen molar-refractivity contribution >= 4 is 12.2 Å². The first-order valence-electron chi connectivity index (χ1n) is 6.91. The molecule has 1 unspecified atom stereocenters. The molecule has 2 aromatic rings. The molecule has 4 heteroatoms. The van der Waals surface area contributed by atoms with Gasteiger partial charge < -0.3 is 9.72 Å². The molecule has 0 saturated heterocycles. The molecule has 0 amide bonds. The number of rotatable bonds is 2. The molecule has 0 fully saturated rings. The van der Waals surface area contributed by atoms with E-state index in [4.69, 9.17) is 17.0 Å². The van der Waals surface area contributed by atoms with Gasteiger partial charge in [0.1, 0.15) is 16.2 Å². The monoisotopic (exact) mass is 286 g/mol. The number of H-pyrrole nitrogens is 1. The first-order valence-corrected chi connectivity index (χ1v) is 7.32. The van der Waals surface area contributed by atoms with Gasteiger partial charge in [-0.2, -0.15) is 0 Å². The number of aryl methyl sites for hydroxylation is 1. The van der Waals surface area contributed by atoms with E-state index in [0.717, 1.165) is 29.3 Å². The number of nitrogens with one attached hydrogen (secondary N) is 1. The van der Waals surface area contributed by atoms with Crippen LogP contribution in [0.25, 0.3) is 0 Å². The normalized spacial score (nSPS) is 17.1. The minimum Gasteiger partial charge on any atom is -0.482 e. The van der Waals surface area contributed by atoms with Crippen LogP contribution in [-0.2, 0) is 6.42 Å². The van der Waals surface area contributed by atoms with Gasteiger partial charge in [-0.25, -0.2) is 4.98 Å². The van der Waals surface area contributed by atoms with E-state index in [-0.39, 0.29) is 6.10 Å². The van der Waals surface area contributed by atoms with Crippen molar-refractivity contribution in [1.82, 2.24) is 9.97 Å². The molecule has 0 spiro atoms. The van der Waals surface area contributed by atoms with Crippen LogP contribution in [0.4, 0.5) is 0 Å². The van der Waals surface area contributed by atoms with Gasteiger partial charge in [0.15, 0.2) is 6.10 Å². The Kier molecular flexibility index (Phi) is 3.34. The van der Waals surface area contributed by atoms with Crippen LogP contribution in [0.15, 0.2) is 24.3 Å². The van der Waals surface area contributed by atoms with E-state index in [1.807, 2.05) is 18.2 Å². The Morgan fingerprint density at radius 2 is 2.10 bits per heavy atom. The third-order valence-corrected chi connectivity index (χ3v) is 4.01. The number of hydrogen-bond acceptors (Lipinski definition) is 3. The fourth-order valence-corrected chi connectivity index (χ4v) is 3.27. The summed E-state index contributed by atoms with van der Waals surface area (Å²) in [4.78, 5) is 7.93. The van der Waals surface area contributed by atoms with Gasteiger partial charge >= 0.3 is 0 Å². The second kappa shape index (κ2) is 5.02. The molecule has 3 nitrogen and oxygen atoms in total. The molecule has 1 N–H and O–H groups in total. The lowest BCUT2D eigenvalue weighted by Gasteiger charge is -2.15. The van der Waals surface area contributed by atoms with Crippen molar-refractivity contribution in [2.45, 2.75) is 39.2 Å². The quantitative estimate of drug-likeness (QED) is 0.839. The standard InChI is InChI=1S/C16H18N2OS/c1-9(2)14-10(3)17-15(18-16(14)20)13-8-11-6-4-5-7-12(11)19-13/h4-7,9,13H,8H2,1-3H3,(H,17,18,20). The molecule has 0 bridgehead atoms. The third kappa shape index (κ3) is 2.24. The number of aromatic nitrogens is 2. The van der Waals surface area contributed by atoms with Gasteiger partial charge in [0, 0.05) is 17.7 Å². The van der Waals surface area contributed by atoms with Crippen LogP contribution in [0.1, 0.15) is 48.5 Å². The van der Waals surface area contributed by atoms with E-state index < -0.39 is 0 Å². The first-order chi connectivity index (χ1) is 9.56. The summed E-state index contributed by atoms with van der Waals surface area (Å²) in [5.41, 5.74) is 3.44. The Hall–Kier alpha value is -1.68. The molecule has 1 aliphatic heterocycles. The second-order valence-corrected chi connectivity index (χ2v) is 5.93. The summed E-state index contributed by atoms with van der Waals surface area (Å²) in [6.07, 6.45) is 0.781. The molecule has 3 rings (SSSR count). The number of nitrogens with zero attached hydrogens (tertiary/aromatic N) is 1. The Labute approximate surface area is 124 Å². The Bertz CT molecular complexity index is 681. The molecule has 104 valence electrons. The molecule has 1 aliphatic rings. The molecular formula is C16H18N2OS. The lowest BCUT2D eigenvalue weighted by Crippen LogP contribution is -2.12. The predicted molar refractivity (Wildman–Crippen MR) is 81.8 cm³/mol. The van der Waals surface area contributed by atoms with E-state index in [0.29, 0.717) is 10.6 Å². The van der Waals surface area contributed by atoms with Gasteiger partial charge in [0.25, 0.3) is 0 Å². The Morgan fingerprint density at radius 1 is 1.35 bits per heavy atom. The van der Waals surface area contributed by atoms with Crippen LogP contribution in [0.3, 0.4) is 0 Å². The molecule has 0 aliphatic carbocycles. The van der Waals surface area contributed by atoms with Crippen molar-refractivity contribution in [2.24, 2.45) is 0 Å². The first kappa shape index (κ1) is 13.3. The Morgan fingerprint density at radius 3 is 2.75 bits per heavy atom. The highest BCUT2D eigenvalue weighted by atomic mass is 32.1. The highest BCUT2D eigenvalue weighted by molar-refractivity contribution is 7.71. The van der Waals surface area contributed by atoms with Crippen LogP contribution < -0.4 is 4.74 Å². The average molecular weight is 286 g/mol. The number of ether oxygens (including phenoxy) is 1. The number of benzene rings is 1. The van der Waals surface area contributed by atoms with E-state index in [1.165, 1.54) is 5.56 Å². The minimum atomic E-state index is -0.0611. The molecule has 1 aromatic heterocycles. The maximum absolute atomic E-state index is 5.96. The second-order valence-electron chi connectivity index (χ2n) is 5.54. The van der Waals surface area contributed by atoms with Gasteiger partial charge in [0.2, 0.25) is 0 Å². The molecular weight excluding hydrogens is 268 g/mol. The maximum Gasteiger partial charge on any atom is 0.160 e. The van der Waals surface area contributed by atoms with Crippen LogP contribution in [-0.4, -0.2) is 9.97 Å². The van der Waals surface area contributed by atoms with Crippen LogP contribution >= 0.6 is 12.2 Å². The average Bonchev–Trinajstić information content (AvgIpc) is 2.81. The summed E-state index contributed by atoms with van der Waals surface area (Å²) in [5, 5.41) is 0. The molecule has 0 radical (unpaired) electrons. The van der Waals surface area contributed by atoms with E-state index >= 15 is 0 Å². The summed E-state index contributed by atoms with van der Waals surface area (Å²) in [5.74, 6) is 2.15. The molecule has 0 saturated carbocycles. The number of fused-ring (bicyclic) bond motifs is 1. The summed E-state index contributed by atoms with van der Waals surface area (Å²) < 4.78 is 6.65. The van der Waals surface area contributed by atoms with Gasteiger partial charge in [-0.3, -0.25) is 0 Å². The number of hydrogen-bond donors (Lipinski definition) is 1. The fraction of sp³-hybridized carbons (Fsp3) is 0.375. The van der Waals surface area contributed by atoms with E-state index in [9.17, 15) is 0 Å². The van der Waals surface area contributed by atoms with Crippen LogP contribution in [0.5, 0.6) is 5.75 Å². The van der Waals surface area contributed by atoms with Crippen LogP contribution in [0.2, 0.25) is 0 Å². The Balaban J connectivity index is 1.96. The summed E-state index contributed by atoms with van der Waals surface area (Å²) in [7, 11) is 0. The summed E-state index contributed by atoms with van der Waals surface area (Å²) in [6, 6.07) is 8.12. The molecule has 20 heavy (non-hydrogen) atoms. The summed E-state index contributed by atoms with van der Waals surface area (Å²) >= 11 is 5.44. The van der Waals surface area contributed by atoms with Crippen molar-refractivity contribution in [3.8, 4) is 5.75 Å². The zero-order chi connectivity index (χ0) is 14.3. The van der Waals surface area contributed by atoms with E-state index in [1.54, 1.807) is 0 Å². The predicted octanol–water partition coefficient (Wildman–Crippen LogP) is 4.25. The lowest BCUT2D eigenvalue weighted by molar-refractivity contribution is 0.227. The van der Waals surface area contributed by atoms with E-state index in [2.05, 4.69) is 36.8 Å². The lowest BCUT2D eigenvalue weighted by atomic mass is 10.0. The van der Waals surface area contributed by atoms with Crippen molar-refractivity contribution in [3.05, 3.63) is 51.6 Å². The van der Waals surface area contributed by atoms with Crippen molar-refractivity contribution < 1.29 is 4.74 Å². The van der Waals surface area contributed by atoms with Gasteiger partial charge in [-0.15, -0.1) is 0 Å². The molecule has 2 heterocycles. The zero-order valence-corrected chi connectivity index (χ0v) is 12.8. The van der Waals surface area contributed by atoms with Crippen molar-refractivity contribution in [3.63, 3.8) is 0 Å². The number of para-hydroxylation sites is 1. The number of aromatic amines is 1. The minimum absolute atomic E-state index is 0.0611. The smallest absolute Gasteiger partial charge is 0.160 e. The third-order valence-electron chi connectivity index (χ3n) is 3.70. The van der Waals surface area contributed by atoms with Gasteiger partial charge in [-0.1, -0.05) is 44.3 Å². The highest BCUT2D eigenvalue weighted by Gasteiger charge is 2.26. The topological polar surface area (TPSA) is 37.9 Å². The fourth-order valence-electron chi connectivity index (χ4n) is 2.78.